The van der Waals surface area contributed by atoms with E-state index in [-0.39, 0.29) is 0 Å². The molecule has 1 aromatic rings. The zero-order valence-electron chi connectivity index (χ0n) is 8.36. The Labute approximate surface area is 83.8 Å². The molecule has 0 saturated carbocycles. The Kier molecular flexibility index (Phi) is 2.48. The fourth-order valence-corrected chi connectivity index (χ4v) is 1.68. The van der Waals surface area contributed by atoms with Crippen LogP contribution in [0.15, 0.2) is 18.3 Å². The smallest absolute Gasteiger partial charge is 0.136 e. The summed E-state index contributed by atoms with van der Waals surface area (Å²) in [5.74, 6) is 1.37. The number of carbonyl (C=O) groups excluding carboxylic acids is 1. The second-order valence-electron chi connectivity index (χ2n) is 3.72. The van der Waals surface area contributed by atoms with Crippen LogP contribution in [0.2, 0.25) is 0 Å². The van der Waals surface area contributed by atoms with E-state index in [1.54, 1.807) is 0 Å². The fourth-order valence-electron chi connectivity index (χ4n) is 1.68. The number of aromatic nitrogens is 1. The van der Waals surface area contributed by atoms with Crippen molar-refractivity contribution in [3.63, 3.8) is 0 Å². The first kappa shape index (κ1) is 9.19. The summed E-state index contributed by atoms with van der Waals surface area (Å²) in [6, 6.07) is 4.05. The van der Waals surface area contributed by atoms with Gasteiger partial charge in [0.2, 0.25) is 0 Å². The molecular weight excluding hydrogens is 176 g/mol. The van der Waals surface area contributed by atoms with E-state index in [4.69, 9.17) is 0 Å². The van der Waals surface area contributed by atoms with Crippen LogP contribution in [0.1, 0.15) is 18.4 Å². The number of Topliss-reactive ketones (excluding diaryl/α,β-unsaturated/α-hetero) is 1. The van der Waals surface area contributed by atoms with Crippen molar-refractivity contribution in [3.8, 4) is 0 Å². The topological polar surface area (TPSA) is 33.2 Å². The van der Waals surface area contributed by atoms with E-state index < -0.39 is 0 Å². The number of pyridine rings is 1. The van der Waals surface area contributed by atoms with Gasteiger partial charge in [0.1, 0.15) is 11.6 Å². The summed E-state index contributed by atoms with van der Waals surface area (Å²) in [6.07, 6.45) is 3.15. The Balaban J connectivity index is 2.12. The Bertz CT molecular complexity index is 339. The van der Waals surface area contributed by atoms with Gasteiger partial charge in [0.05, 0.1) is 0 Å². The van der Waals surface area contributed by atoms with Crippen molar-refractivity contribution in [2.75, 3.05) is 18.0 Å². The molecule has 0 amide bonds. The highest BCUT2D eigenvalue weighted by atomic mass is 16.1. The lowest BCUT2D eigenvalue weighted by Gasteiger charge is -2.27. The van der Waals surface area contributed by atoms with Crippen molar-refractivity contribution >= 4 is 11.6 Å². The standard InChI is InChI=1S/C11H14N2O/c1-9-2-5-12-11(8-9)13-6-3-10(14)4-7-13/h2,5,8H,3-4,6-7H2,1H3. The Morgan fingerprint density at radius 3 is 2.71 bits per heavy atom. The second kappa shape index (κ2) is 3.78. The van der Waals surface area contributed by atoms with Crippen LogP contribution in [0.5, 0.6) is 0 Å². The van der Waals surface area contributed by atoms with Crippen LogP contribution in [0.25, 0.3) is 0 Å². The highest BCUT2D eigenvalue weighted by Crippen LogP contribution is 2.16. The van der Waals surface area contributed by atoms with Crippen LogP contribution in [0.4, 0.5) is 5.82 Å². The summed E-state index contributed by atoms with van der Waals surface area (Å²) in [5.41, 5.74) is 1.21. The minimum absolute atomic E-state index is 0.369. The fraction of sp³-hybridized carbons (Fsp3) is 0.455. The summed E-state index contributed by atoms with van der Waals surface area (Å²) in [5, 5.41) is 0. The molecule has 3 nitrogen and oxygen atoms in total. The third-order valence-corrected chi connectivity index (χ3v) is 2.55. The average Bonchev–Trinajstić information content (AvgIpc) is 2.19. The van der Waals surface area contributed by atoms with Gasteiger partial charge in [-0.15, -0.1) is 0 Å². The molecule has 1 aliphatic rings. The number of aryl methyl sites for hydroxylation is 1. The molecule has 0 spiro atoms. The number of piperidine rings is 1. The number of hydrogen-bond acceptors (Lipinski definition) is 3. The molecule has 2 rings (SSSR count). The van der Waals surface area contributed by atoms with Crippen molar-refractivity contribution in [2.24, 2.45) is 0 Å². The van der Waals surface area contributed by atoms with Gasteiger partial charge in [-0.05, 0) is 24.6 Å². The van der Waals surface area contributed by atoms with Crippen LogP contribution in [-0.2, 0) is 4.79 Å². The summed E-state index contributed by atoms with van der Waals surface area (Å²) in [4.78, 5) is 17.5. The molecule has 0 unspecified atom stereocenters. The van der Waals surface area contributed by atoms with E-state index in [2.05, 4.69) is 22.9 Å². The van der Waals surface area contributed by atoms with Gasteiger partial charge in [0.15, 0.2) is 0 Å². The van der Waals surface area contributed by atoms with Crippen LogP contribution in [0, 0.1) is 6.92 Å². The summed E-state index contributed by atoms with van der Waals surface area (Å²) >= 11 is 0. The summed E-state index contributed by atoms with van der Waals surface area (Å²) < 4.78 is 0. The van der Waals surface area contributed by atoms with Crippen molar-refractivity contribution < 1.29 is 4.79 Å². The van der Waals surface area contributed by atoms with Gasteiger partial charge in [-0.3, -0.25) is 4.79 Å². The van der Waals surface area contributed by atoms with Gasteiger partial charge >= 0.3 is 0 Å². The van der Waals surface area contributed by atoms with Gasteiger partial charge < -0.3 is 4.90 Å². The average molecular weight is 190 g/mol. The molecule has 1 aliphatic heterocycles. The van der Waals surface area contributed by atoms with E-state index >= 15 is 0 Å². The lowest BCUT2D eigenvalue weighted by molar-refractivity contribution is -0.119. The molecule has 0 atom stereocenters. The molecule has 3 heteroatoms. The third kappa shape index (κ3) is 1.92. The summed E-state index contributed by atoms with van der Waals surface area (Å²) in [6.45, 7) is 3.69. The molecule has 1 fully saturated rings. The van der Waals surface area contributed by atoms with Gasteiger partial charge in [-0.2, -0.15) is 0 Å². The third-order valence-electron chi connectivity index (χ3n) is 2.55. The predicted octanol–water partition coefficient (Wildman–Crippen LogP) is 1.56. The molecule has 1 saturated heterocycles. The number of hydrogen-bond donors (Lipinski definition) is 0. The molecule has 1 aromatic heterocycles. The van der Waals surface area contributed by atoms with E-state index in [0.29, 0.717) is 18.6 Å². The minimum atomic E-state index is 0.369. The number of rotatable bonds is 1. The Morgan fingerprint density at radius 2 is 2.07 bits per heavy atom. The first-order valence-electron chi connectivity index (χ1n) is 4.95. The predicted molar refractivity (Wildman–Crippen MR) is 55.4 cm³/mol. The number of nitrogens with zero attached hydrogens (tertiary/aromatic N) is 2. The lowest BCUT2D eigenvalue weighted by atomic mass is 10.1. The molecule has 2 heterocycles. The quantitative estimate of drug-likeness (QED) is 0.673. The zero-order chi connectivity index (χ0) is 9.97. The SMILES string of the molecule is Cc1ccnc(N2CCC(=O)CC2)c1. The molecule has 0 radical (unpaired) electrons. The highest BCUT2D eigenvalue weighted by molar-refractivity contribution is 5.80. The largest absolute Gasteiger partial charge is 0.356 e. The van der Waals surface area contributed by atoms with E-state index in [9.17, 15) is 4.79 Å². The maximum Gasteiger partial charge on any atom is 0.136 e. The van der Waals surface area contributed by atoms with Crippen molar-refractivity contribution in [1.82, 2.24) is 4.98 Å². The van der Waals surface area contributed by atoms with Crippen molar-refractivity contribution in [3.05, 3.63) is 23.9 Å². The van der Waals surface area contributed by atoms with E-state index in [0.717, 1.165) is 18.9 Å². The molecule has 0 N–H and O–H groups in total. The lowest BCUT2D eigenvalue weighted by Crippen LogP contribution is -2.34. The van der Waals surface area contributed by atoms with Gasteiger partial charge in [0.25, 0.3) is 0 Å². The number of carbonyl (C=O) groups is 1. The van der Waals surface area contributed by atoms with Crippen LogP contribution < -0.4 is 4.90 Å². The van der Waals surface area contributed by atoms with E-state index in [1.165, 1.54) is 5.56 Å². The first-order chi connectivity index (χ1) is 6.75. The summed E-state index contributed by atoms with van der Waals surface area (Å²) in [7, 11) is 0. The van der Waals surface area contributed by atoms with Crippen molar-refractivity contribution in [2.45, 2.75) is 19.8 Å². The molecular formula is C11H14N2O. The Hall–Kier alpha value is -1.38. The second-order valence-corrected chi connectivity index (χ2v) is 3.72. The molecule has 14 heavy (non-hydrogen) atoms. The maximum atomic E-state index is 11.1. The van der Waals surface area contributed by atoms with Crippen LogP contribution in [-0.4, -0.2) is 23.9 Å². The monoisotopic (exact) mass is 190 g/mol. The molecule has 74 valence electrons. The van der Waals surface area contributed by atoms with Gasteiger partial charge in [-0.25, -0.2) is 4.98 Å². The maximum absolute atomic E-state index is 11.1. The molecule has 0 aromatic carbocycles. The minimum Gasteiger partial charge on any atom is -0.356 e. The zero-order valence-corrected chi connectivity index (χ0v) is 8.36. The first-order valence-corrected chi connectivity index (χ1v) is 4.95. The van der Waals surface area contributed by atoms with Crippen LogP contribution in [0.3, 0.4) is 0 Å². The highest BCUT2D eigenvalue weighted by Gasteiger charge is 2.16. The Morgan fingerprint density at radius 1 is 1.36 bits per heavy atom. The van der Waals surface area contributed by atoms with Crippen molar-refractivity contribution in [1.29, 1.82) is 0 Å². The van der Waals surface area contributed by atoms with Gasteiger partial charge in [-0.1, -0.05) is 0 Å². The normalized spacial score (nSPS) is 17.2. The molecule has 0 aliphatic carbocycles. The van der Waals surface area contributed by atoms with Crippen LogP contribution >= 0.6 is 0 Å². The van der Waals surface area contributed by atoms with E-state index in [1.807, 2.05) is 12.3 Å². The number of ketones is 1. The number of anilines is 1. The molecule has 0 bridgehead atoms. The van der Waals surface area contributed by atoms with Gasteiger partial charge in [0, 0.05) is 32.1 Å².